The SMILES string of the molecule is CCOc1ccccc1S(=O)(=O)N1CC[C@@H](Oc2ccc(C)nn2)C1. The topological polar surface area (TPSA) is 81.6 Å². The molecule has 134 valence electrons. The van der Waals surface area contributed by atoms with Crippen LogP contribution in [0.4, 0.5) is 0 Å². The molecule has 1 saturated heterocycles. The second kappa shape index (κ2) is 7.37. The van der Waals surface area contributed by atoms with Gasteiger partial charge in [0.15, 0.2) is 0 Å². The van der Waals surface area contributed by atoms with Crippen molar-refractivity contribution in [1.82, 2.24) is 14.5 Å². The summed E-state index contributed by atoms with van der Waals surface area (Å²) in [6.07, 6.45) is 0.358. The molecule has 0 spiro atoms. The van der Waals surface area contributed by atoms with Gasteiger partial charge in [-0.1, -0.05) is 12.1 Å². The van der Waals surface area contributed by atoms with E-state index >= 15 is 0 Å². The van der Waals surface area contributed by atoms with Crippen LogP contribution < -0.4 is 9.47 Å². The normalized spacial score (nSPS) is 18.2. The summed E-state index contributed by atoms with van der Waals surface area (Å²) >= 11 is 0. The summed E-state index contributed by atoms with van der Waals surface area (Å²) in [5.41, 5.74) is 0.801. The third-order valence-corrected chi connectivity index (χ3v) is 5.84. The molecule has 3 rings (SSSR count). The molecule has 0 aliphatic carbocycles. The highest BCUT2D eigenvalue weighted by atomic mass is 32.2. The van der Waals surface area contributed by atoms with Crippen LogP contribution in [0.5, 0.6) is 11.6 Å². The molecule has 1 aromatic carbocycles. The quantitative estimate of drug-likeness (QED) is 0.781. The van der Waals surface area contributed by atoms with E-state index in [1.807, 2.05) is 19.9 Å². The summed E-state index contributed by atoms with van der Waals surface area (Å²) < 4.78 is 38.5. The lowest BCUT2D eigenvalue weighted by Crippen LogP contribution is -2.31. The summed E-state index contributed by atoms with van der Waals surface area (Å²) in [5.74, 6) is 0.781. The standard InChI is InChI=1S/C17H21N3O4S/c1-3-23-15-6-4-5-7-16(15)25(21,22)20-11-10-14(12-20)24-17-9-8-13(2)18-19-17/h4-9,14H,3,10-12H2,1-2H3/t14-/m1/s1. The van der Waals surface area contributed by atoms with Crippen LogP contribution in [0, 0.1) is 6.92 Å². The molecule has 0 N–H and O–H groups in total. The van der Waals surface area contributed by atoms with E-state index in [4.69, 9.17) is 9.47 Å². The Bertz CT molecular complexity index is 824. The van der Waals surface area contributed by atoms with Gasteiger partial charge in [0.2, 0.25) is 15.9 Å². The smallest absolute Gasteiger partial charge is 0.246 e. The number of ether oxygens (including phenoxy) is 2. The second-order valence-electron chi connectivity index (χ2n) is 5.78. The maximum absolute atomic E-state index is 12.9. The molecular weight excluding hydrogens is 342 g/mol. The summed E-state index contributed by atoms with van der Waals surface area (Å²) in [4.78, 5) is 0.188. The Hall–Kier alpha value is -2.19. The van der Waals surface area contributed by atoms with E-state index in [2.05, 4.69) is 10.2 Å². The minimum atomic E-state index is -3.63. The van der Waals surface area contributed by atoms with E-state index in [-0.39, 0.29) is 17.5 Å². The predicted octanol–water partition coefficient (Wildman–Crippen LogP) is 2.03. The van der Waals surface area contributed by atoms with E-state index < -0.39 is 10.0 Å². The number of benzene rings is 1. The Kier molecular flexibility index (Phi) is 5.19. The number of rotatable bonds is 6. The molecule has 1 fully saturated rings. The predicted molar refractivity (Wildman–Crippen MR) is 92.2 cm³/mol. The van der Waals surface area contributed by atoms with Crippen molar-refractivity contribution < 1.29 is 17.9 Å². The molecule has 7 nitrogen and oxygen atoms in total. The number of para-hydroxylation sites is 1. The van der Waals surface area contributed by atoms with Crippen molar-refractivity contribution in [3.8, 4) is 11.6 Å². The van der Waals surface area contributed by atoms with Crippen LogP contribution in [0.25, 0.3) is 0 Å². The van der Waals surface area contributed by atoms with Crippen molar-refractivity contribution in [1.29, 1.82) is 0 Å². The van der Waals surface area contributed by atoms with Crippen LogP contribution >= 0.6 is 0 Å². The van der Waals surface area contributed by atoms with Gasteiger partial charge in [-0.25, -0.2) is 8.42 Å². The summed E-state index contributed by atoms with van der Waals surface area (Å²) in [7, 11) is -3.63. The first kappa shape index (κ1) is 17.6. The van der Waals surface area contributed by atoms with E-state index in [0.29, 0.717) is 31.2 Å². The Morgan fingerprint density at radius 1 is 1.20 bits per heavy atom. The molecule has 1 aromatic heterocycles. The van der Waals surface area contributed by atoms with E-state index in [0.717, 1.165) is 5.69 Å². The third-order valence-electron chi connectivity index (χ3n) is 3.94. The maximum Gasteiger partial charge on any atom is 0.246 e. The number of aryl methyl sites for hydroxylation is 1. The molecule has 2 aromatic rings. The Morgan fingerprint density at radius 3 is 2.72 bits per heavy atom. The second-order valence-corrected chi connectivity index (χ2v) is 7.69. The van der Waals surface area contributed by atoms with Crippen molar-refractivity contribution in [2.75, 3.05) is 19.7 Å². The highest BCUT2D eigenvalue weighted by Gasteiger charge is 2.35. The Morgan fingerprint density at radius 2 is 2.00 bits per heavy atom. The maximum atomic E-state index is 12.9. The molecule has 0 radical (unpaired) electrons. The molecule has 1 aliphatic rings. The first-order chi connectivity index (χ1) is 12.0. The molecule has 2 heterocycles. The van der Waals surface area contributed by atoms with Crippen LogP contribution in [-0.2, 0) is 10.0 Å². The van der Waals surface area contributed by atoms with Gasteiger partial charge < -0.3 is 9.47 Å². The van der Waals surface area contributed by atoms with Gasteiger partial charge in [-0.05, 0) is 38.5 Å². The summed E-state index contributed by atoms with van der Waals surface area (Å²) in [6.45, 7) is 4.75. The van der Waals surface area contributed by atoms with Gasteiger partial charge in [-0.2, -0.15) is 9.40 Å². The molecule has 1 aliphatic heterocycles. The van der Waals surface area contributed by atoms with Gasteiger partial charge in [0.25, 0.3) is 0 Å². The van der Waals surface area contributed by atoms with Crippen molar-refractivity contribution in [3.63, 3.8) is 0 Å². The average molecular weight is 363 g/mol. The fraction of sp³-hybridized carbons (Fsp3) is 0.412. The number of hydrogen-bond donors (Lipinski definition) is 0. The van der Waals surface area contributed by atoms with Crippen molar-refractivity contribution >= 4 is 10.0 Å². The fourth-order valence-electron chi connectivity index (χ4n) is 2.71. The zero-order valence-electron chi connectivity index (χ0n) is 14.3. The highest BCUT2D eigenvalue weighted by molar-refractivity contribution is 7.89. The first-order valence-corrected chi connectivity index (χ1v) is 9.63. The monoisotopic (exact) mass is 363 g/mol. The van der Waals surface area contributed by atoms with Gasteiger partial charge in [0, 0.05) is 12.6 Å². The molecule has 1 atom stereocenters. The Balaban J connectivity index is 1.73. The lowest BCUT2D eigenvalue weighted by atomic mass is 10.3. The van der Waals surface area contributed by atoms with E-state index in [1.54, 1.807) is 30.3 Å². The lowest BCUT2D eigenvalue weighted by Gasteiger charge is -2.18. The molecule has 8 heteroatoms. The first-order valence-electron chi connectivity index (χ1n) is 8.19. The zero-order chi connectivity index (χ0) is 17.9. The molecule has 0 saturated carbocycles. The molecular formula is C17H21N3O4S. The molecule has 0 unspecified atom stereocenters. The zero-order valence-corrected chi connectivity index (χ0v) is 15.1. The average Bonchev–Trinajstić information content (AvgIpc) is 3.07. The van der Waals surface area contributed by atoms with Gasteiger partial charge in [-0.15, -0.1) is 5.10 Å². The van der Waals surface area contributed by atoms with Crippen molar-refractivity contribution in [2.24, 2.45) is 0 Å². The van der Waals surface area contributed by atoms with Crippen molar-refractivity contribution in [2.45, 2.75) is 31.3 Å². The van der Waals surface area contributed by atoms with Crippen LogP contribution in [0.3, 0.4) is 0 Å². The van der Waals surface area contributed by atoms with Gasteiger partial charge >= 0.3 is 0 Å². The number of nitrogens with zero attached hydrogens (tertiary/aromatic N) is 3. The summed E-state index contributed by atoms with van der Waals surface area (Å²) in [6, 6.07) is 10.2. The highest BCUT2D eigenvalue weighted by Crippen LogP contribution is 2.29. The molecule has 0 bridgehead atoms. The fourth-order valence-corrected chi connectivity index (χ4v) is 4.33. The van der Waals surface area contributed by atoms with Crippen LogP contribution in [0.2, 0.25) is 0 Å². The number of aromatic nitrogens is 2. The number of sulfonamides is 1. The molecule has 25 heavy (non-hydrogen) atoms. The summed E-state index contributed by atoms with van der Waals surface area (Å²) in [5, 5.41) is 7.91. The Labute approximate surface area is 147 Å². The minimum Gasteiger partial charge on any atom is -0.492 e. The lowest BCUT2D eigenvalue weighted by molar-refractivity contribution is 0.204. The van der Waals surface area contributed by atoms with Crippen LogP contribution in [0.15, 0.2) is 41.3 Å². The van der Waals surface area contributed by atoms with Crippen molar-refractivity contribution in [3.05, 3.63) is 42.1 Å². The van der Waals surface area contributed by atoms with E-state index in [1.165, 1.54) is 4.31 Å². The van der Waals surface area contributed by atoms with Gasteiger partial charge in [0.1, 0.15) is 16.7 Å². The van der Waals surface area contributed by atoms with Gasteiger partial charge in [-0.3, -0.25) is 0 Å². The van der Waals surface area contributed by atoms with E-state index in [9.17, 15) is 8.42 Å². The van der Waals surface area contributed by atoms with Crippen LogP contribution in [0.1, 0.15) is 19.0 Å². The minimum absolute atomic E-state index is 0.188. The van der Waals surface area contributed by atoms with Gasteiger partial charge in [0.05, 0.1) is 18.8 Å². The largest absolute Gasteiger partial charge is 0.492 e. The number of hydrogen-bond acceptors (Lipinski definition) is 6. The third kappa shape index (κ3) is 3.91. The molecule has 0 amide bonds. The van der Waals surface area contributed by atoms with Crippen LogP contribution in [-0.4, -0.2) is 48.7 Å².